The van der Waals surface area contributed by atoms with Gasteiger partial charge in [-0.05, 0) is 68.3 Å². The van der Waals surface area contributed by atoms with Gasteiger partial charge in [0.2, 0.25) is 5.91 Å². The quantitative estimate of drug-likeness (QED) is 0.474. The molecule has 0 fully saturated rings. The monoisotopic (exact) mass is 466 g/mol. The third kappa shape index (κ3) is 6.35. The molecule has 33 heavy (non-hydrogen) atoms. The minimum atomic E-state index is -3.96. The minimum Gasteiger partial charge on any atom is -0.457 e. The second-order valence-corrected chi connectivity index (χ2v) is 10.2. The summed E-state index contributed by atoms with van der Waals surface area (Å²) in [6.45, 7) is 7.46. The Labute approximate surface area is 196 Å². The fraction of sp³-hybridized carbons (Fsp3) is 0.269. The molecular formula is C26H30N2O4S. The number of carbonyl (C=O) groups is 1. The summed E-state index contributed by atoms with van der Waals surface area (Å²) in [6.07, 6.45) is 0. The molecule has 0 saturated carbocycles. The topological polar surface area (TPSA) is 75.7 Å². The van der Waals surface area contributed by atoms with Crippen molar-refractivity contribution >= 4 is 21.6 Å². The van der Waals surface area contributed by atoms with Crippen LogP contribution in [0.1, 0.15) is 26.3 Å². The molecule has 0 heterocycles. The van der Waals surface area contributed by atoms with Gasteiger partial charge in [0, 0.05) is 6.04 Å². The van der Waals surface area contributed by atoms with Crippen molar-refractivity contribution in [3.63, 3.8) is 0 Å². The fourth-order valence-electron chi connectivity index (χ4n) is 3.05. The third-order valence-corrected chi connectivity index (χ3v) is 7.18. The number of benzene rings is 3. The predicted molar refractivity (Wildman–Crippen MR) is 131 cm³/mol. The van der Waals surface area contributed by atoms with Crippen LogP contribution in [0.15, 0.2) is 83.8 Å². The van der Waals surface area contributed by atoms with Crippen LogP contribution in [0, 0.1) is 12.8 Å². The molecule has 7 heteroatoms. The number of rotatable bonds is 9. The number of nitrogens with zero attached hydrogens (tertiary/aromatic N) is 1. The van der Waals surface area contributed by atoms with Gasteiger partial charge in [-0.25, -0.2) is 8.42 Å². The van der Waals surface area contributed by atoms with Gasteiger partial charge in [-0.2, -0.15) is 0 Å². The highest BCUT2D eigenvalue weighted by Gasteiger charge is 2.28. The Balaban J connectivity index is 1.90. The molecular weight excluding hydrogens is 436 g/mol. The van der Waals surface area contributed by atoms with Crippen molar-refractivity contribution in [1.29, 1.82) is 0 Å². The number of hydrogen-bond donors (Lipinski definition) is 1. The van der Waals surface area contributed by atoms with E-state index in [1.807, 2.05) is 58.0 Å². The first-order valence-corrected chi connectivity index (χ1v) is 12.3. The lowest BCUT2D eigenvalue weighted by atomic mass is 10.1. The Hall–Kier alpha value is -3.32. The van der Waals surface area contributed by atoms with E-state index in [-0.39, 0.29) is 29.3 Å². The van der Waals surface area contributed by atoms with Gasteiger partial charge in [0.25, 0.3) is 10.0 Å². The van der Waals surface area contributed by atoms with Crippen LogP contribution in [-0.2, 0) is 14.8 Å². The zero-order chi connectivity index (χ0) is 24.0. The minimum absolute atomic E-state index is 0.0805. The van der Waals surface area contributed by atoms with E-state index in [0.717, 1.165) is 9.87 Å². The molecule has 6 nitrogen and oxygen atoms in total. The fourth-order valence-corrected chi connectivity index (χ4v) is 4.48. The van der Waals surface area contributed by atoms with Gasteiger partial charge < -0.3 is 10.1 Å². The molecule has 0 aromatic heterocycles. The molecule has 174 valence electrons. The summed E-state index contributed by atoms with van der Waals surface area (Å²) in [4.78, 5) is 12.9. The van der Waals surface area contributed by atoms with Crippen LogP contribution in [0.5, 0.6) is 11.5 Å². The number of hydrogen-bond acceptors (Lipinski definition) is 4. The van der Waals surface area contributed by atoms with E-state index >= 15 is 0 Å². The highest BCUT2D eigenvalue weighted by molar-refractivity contribution is 7.92. The molecule has 0 aliphatic rings. The average Bonchev–Trinajstić information content (AvgIpc) is 2.79. The Morgan fingerprint density at radius 2 is 1.45 bits per heavy atom. The number of carbonyl (C=O) groups excluding carboxylic acids is 1. The lowest BCUT2D eigenvalue weighted by molar-refractivity contribution is -0.120. The van der Waals surface area contributed by atoms with Gasteiger partial charge in [-0.3, -0.25) is 9.10 Å². The zero-order valence-electron chi connectivity index (χ0n) is 19.4. The number of ether oxygens (including phenoxy) is 1. The highest BCUT2D eigenvalue weighted by Crippen LogP contribution is 2.28. The predicted octanol–water partition coefficient (Wildman–Crippen LogP) is 5.14. The summed E-state index contributed by atoms with van der Waals surface area (Å²) in [5.74, 6) is 1.11. The average molecular weight is 467 g/mol. The number of nitrogens with one attached hydrogen (secondary N) is 1. The van der Waals surface area contributed by atoms with E-state index in [2.05, 4.69) is 5.32 Å². The van der Waals surface area contributed by atoms with Gasteiger partial charge in [0.1, 0.15) is 18.0 Å². The molecule has 0 spiro atoms. The van der Waals surface area contributed by atoms with Crippen LogP contribution < -0.4 is 14.4 Å². The summed E-state index contributed by atoms with van der Waals surface area (Å²) < 4.78 is 33.9. The summed E-state index contributed by atoms with van der Waals surface area (Å²) in [5.41, 5.74) is 1.33. The molecule has 0 radical (unpaired) electrons. The van der Waals surface area contributed by atoms with Crippen molar-refractivity contribution in [2.45, 2.75) is 38.6 Å². The highest BCUT2D eigenvalue weighted by atomic mass is 32.2. The van der Waals surface area contributed by atoms with E-state index in [1.54, 1.807) is 48.5 Å². The number of para-hydroxylation sites is 1. The molecule has 3 rings (SSSR count). The van der Waals surface area contributed by atoms with Crippen molar-refractivity contribution in [3.8, 4) is 11.5 Å². The number of sulfonamides is 1. The first-order chi connectivity index (χ1) is 15.7. The zero-order valence-corrected chi connectivity index (χ0v) is 20.2. The van der Waals surface area contributed by atoms with Crippen molar-refractivity contribution in [2.24, 2.45) is 5.92 Å². The first-order valence-electron chi connectivity index (χ1n) is 10.9. The van der Waals surface area contributed by atoms with Gasteiger partial charge in [-0.1, -0.05) is 49.7 Å². The number of aryl methyl sites for hydroxylation is 1. The van der Waals surface area contributed by atoms with Crippen molar-refractivity contribution < 1.29 is 17.9 Å². The van der Waals surface area contributed by atoms with E-state index in [1.165, 1.54) is 0 Å². The van der Waals surface area contributed by atoms with Crippen LogP contribution in [0.4, 0.5) is 5.69 Å². The van der Waals surface area contributed by atoms with Crippen LogP contribution in [-0.4, -0.2) is 26.9 Å². The smallest absolute Gasteiger partial charge is 0.264 e. The molecule has 1 N–H and O–H groups in total. The summed E-state index contributed by atoms with van der Waals surface area (Å²) in [6, 6.07) is 22.5. The molecule has 0 unspecified atom stereocenters. The lowest BCUT2D eigenvalue weighted by Gasteiger charge is -2.26. The van der Waals surface area contributed by atoms with Crippen LogP contribution in [0.2, 0.25) is 0 Å². The Kier molecular flexibility index (Phi) is 7.76. The van der Waals surface area contributed by atoms with Gasteiger partial charge >= 0.3 is 0 Å². The molecule has 0 aliphatic heterocycles. The van der Waals surface area contributed by atoms with Crippen molar-refractivity contribution in [3.05, 3.63) is 84.4 Å². The molecule has 0 bridgehead atoms. The molecule has 3 aromatic rings. The first kappa shape index (κ1) is 24.3. The SMILES string of the molecule is Cc1ccc(S(=O)(=O)N(CC(=O)N[C@@H](C)C(C)C)c2ccc(Oc3ccccc3)cc2)cc1. The maximum atomic E-state index is 13.5. The molecule has 1 atom stereocenters. The summed E-state index contributed by atoms with van der Waals surface area (Å²) >= 11 is 0. The number of anilines is 1. The summed E-state index contributed by atoms with van der Waals surface area (Å²) in [5, 5.41) is 2.89. The molecule has 1 amide bonds. The van der Waals surface area contributed by atoms with Crippen molar-refractivity contribution in [1.82, 2.24) is 5.32 Å². The van der Waals surface area contributed by atoms with Crippen LogP contribution in [0.25, 0.3) is 0 Å². The second-order valence-electron chi connectivity index (χ2n) is 8.33. The van der Waals surface area contributed by atoms with Gasteiger partial charge in [0.15, 0.2) is 0 Å². The summed E-state index contributed by atoms with van der Waals surface area (Å²) in [7, 11) is -3.96. The van der Waals surface area contributed by atoms with E-state index in [0.29, 0.717) is 17.2 Å². The molecule has 0 aliphatic carbocycles. The Morgan fingerprint density at radius 1 is 0.879 bits per heavy atom. The van der Waals surface area contributed by atoms with Crippen LogP contribution >= 0.6 is 0 Å². The number of amides is 1. The molecule has 0 saturated heterocycles. The van der Waals surface area contributed by atoms with E-state index < -0.39 is 10.0 Å². The molecule has 3 aromatic carbocycles. The maximum absolute atomic E-state index is 13.5. The van der Waals surface area contributed by atoms with Gasteiger partial charge in [0.05, 0.1) is 10.6 Å². The standard InChI is InChI=1S/C26H30N2O4S/c1-19(2)21(4)27-26(29)18-28(33(30,31)25-16-10-20(3)11-17-25)22-12-14-24(15-13-22)32-23-8-6-5-7-9-23/h5-17,19,21H,18H2,1-4H3,(H,27,29)/t21-/m0/s1. The van der Waals surface area contributed by atoms with Crippen LogP contribution in [0.3, 0.4) is 0 Å². The largest absolute Gasteiger partial charge is 0.457 e. The van der Waals surface area contributed by atoms with Gasteiger partial charge in [-0.15, -0.1) is 0 Å². The van der Waals surface area contributed by atoms with E-state index in [4.69, 9.17) is 4.74 Å². The maximum Gasteiger partial charge on any atom is 0.264 e. The Morgan fingerprint density at radius 3 is 2.03 bits per heavy atom. The van der Waals surface area contributed by atoms with E-state index in [9.17, 15) is 13.2 Å². The van der Waals surface area contributed by atoms with Crippen molar-refractivity contribution in [2.75, 3.05) is 10.8 Å². The second kappa shape index (κ2) is 10.5. The normalized spacial score (nSPS) is 12.3. The third-order valence-electron chi connectivity index (χ3n) is 5.39. The Bertz CT molecular complexity index is 1160. The lowest BCUT2D eigenvalue weighted by Crippen LogP contribution is -2.45.